The first-order chi connectivity index (χ1) is 10.2. The Kier molecular flexibility index (Phi) is 2.82. The second-order valence-electron chi connectivity index (χ2n) is 5.67. The standard InChI is InChI=1S/C16H14ClNO3/c17-13-11-7-9-3-1-5-18-6-2-4-10(14(9)18)15(11)21-16(20)12(13)8-19/h7-8H,1-6H2. The molecule has 0 radical (unpaired) electrons. The maximum atomic E-state index is 11.9. The predicted molar refractivity (Wildman–Crippen MR) is 81.7 cm³/mol. The molecule has 0 aliphatic carbocycles. The summed E-state index contributed by atoms with van der Waals surface area (Å²) in [5.41, 5.74) is 3.37. The highest BCUT2D eigenvalue weighted by molar-refractivity contribution is 6.37. The molecule has 108 valence electrons. The molecular weight excluding hydrogens is 290 g/mol. The first kappa shape index (κ1) is 12.9. The van der Waals surface area contributed by atoms with Crippen LogP contribution in [0.3, 0.4) is 0 Å². The smallest absolute Gasteiger partial charge is 0.348 e. The van der Waals surface area contributed by atoms with E-state index in [1.807, 2.05) is 6.07 Å². The van der Waals surface area contributed by atoms with E-state index in [2.05, 4.69) is 4.90 Å². The highest BCUT2D eigenvalue weighted by atomic mass is 35.5. The van der Waals surface area contributed by atoms with Crippen LogP contribution in [0.2, 0.25) is 5.02 Å². The van der Waals surface area contributed by atoms with Gasteiger partial charge in [0.05, 0.1) is 5.02 Å². The number of anilines is 1. The summed E-state index contributed by atoms with van der Waals surface area (Å²) in [6, 6.07) is 1.99. The number of aldehydes is 1. The molecule has 2 aliphatic rings. The van der Waals surface area contributed by atoms with Crippen LogP contribution in [0.1, 0.15) is 34.3 Å². The number of halogens is 1. The van der Waals surface area contributed by atoms with Gasteiger partial charge in [0.25, 0.3) is 0 Å². The van der Waals surface area contributed by atoms with E-state index >= 15 is 0 Å². The van der Waals surface area contributed by atoms with Gasteiger partial charge in [-0.25, -0.2) is 4.79 Å². The number of fused-ring (bicyclic) bond motifs is 2. The molecule has 3 heterocycles. The van der Waals surface area contributed by atoms with Crippen molar-refractivity contribution < 1.29 is 9.21 Å². The fourth-order valence-corrected chi connectivity index (χ4v) is 3.85. The monoisotopic (exact) mass is 303 g/mol. The van der Waals surface area contributed by atoms with Crippen molar-refractivity contribution in [3.63, 3.8) is 0 Å². The van der Waals surface area contributed by atoms with Gasteiger partial charge in [-0.1, -0.05) is 11.6 Å². The van der Waals surface area contributed by atoms with Gasteiger partial charge in [-0.3, -0.25) is 4.79 Å². The topological polar surface area (TPSA) is 50.5 Å². The molecule has 0 atom stereocenters. The van der Waals surface area contributed by atoms with Gasteiger partial charge in [0.2, 0.25) is 0 Å². The number of hydrogen-bond acceptors (Lipinski definition) is 4. The molecule has 0 saturated heterocycles. The van der Waals surface area contributed by atoms with Crippen molar-refractivity contribution in [2.24, 2.45) is 0 Å². The average Bonchev–Trinajstić information content (AvgIpc) is 2.50. The summed E-state index contributed by atoms with van der Waals surface area (Å²) in [7, 11) is 0. The lowest BCUT2D eigenvalue weighted by Crippen LogP contribution is -2.34. The van der Waals surface area contributed by atoms with Crippen LogP contribution < -0.4 is 10.5 Å². The molecular formula is C16H14ClNO3. The lowest BCUT2D eigenvalue weighted by molar-refractivity contribution is 0.112. The molecule has 2 aliphatic heterocycles. The van der Waals surface area contributed by atoms with Crippen LogP contribution in [0.25, 0.3) is 11.0 Å². The molecule has 1 aromatic carbocycles. The first-order valence-corrected chi connectivity index (χ1v) is 7.59. The normalized spacial score (nSPS) is 16.9. The van der Waals surface area contributed by atoms with Crippen molar-refractivity contribution in [3.05, 3.63) is 38.2 Å². The highest BCUT2D eigenvalue weighted by Gasteiger charge is 2.28. The van der Waals surface area contributed by atoms with Gasteiger partial charge in [-0.05, 0) is 37.3 Å². The molecule has 4 nitrogen and oxygen atoms in total. The molecule has 1 aromatic heterocycles. The van der Waals surface area contributed by atoms with Gasteiger partial charge in [0.15, 0.2) is 6.29 Å². The minimum Gasteiger partial charge on any atom is -0.422 e. The van der Waals surface area contributed by atoms with E-state index in [0.29, 0.717) is 17.3 Å². The number of benzene rings is 1. The maximum Gasteiger partial charge on any atom is 0.348 e. The van der Waals surface area contributed by atoms with E-state index in [0.717, 1.165) is 44.3 Å². The van der Waals surface area contributed by atoms with Gasteiger partial charge in [0, 0.05) is 29.7 Å². The number of carbonyl (C=O) groups is 1. The van der Waals surface area contributed by atoms with E-state index in [1.54, 1.807) is 0 Å². The molecule has 2 aromatic rings. The van der Waals surface area contributed by atoms with E-state index in [1.165, 1.54) is 11.3 Å². The Morgan fingerprint density at radius 2 is 2.00 bits per heavy atom. The van der Waals surface area contributed by atoms with Crippen molar-refractivity contribution in [3.8, 4) is 0 Å². The summed E-state index contributed by atoms with van der Waals surface area (Å²) in [5.74, 6) is 0. The van der Waals surface area contributed by atoms with Crippen LogP contribution in [0.4, 0.5) is 5.69 Å². The van der Waals surface area contributed by atoms with Crippen LogP contribution in [0.15, 0.2) is 15.3 Å². The third kappa shape index (κ3) is 1.75. The molecule has 0 N–H and O–H groups in total. The lowest BCUT2D eigenvalue weighted by atomic mass is 9.90. The van der Waals surface area contributed by atoms with Gasteiger partial charge < -0.3 is 9.32 Å². The first-order valence-electron chi connectivity index (χ1n) is 7.22. The number of hydrogen-bond donors (Lipinski definition) is 0. The third-order valence-corrected chi connectivity index (χ3v) is 4.89. The predicted octanol–water partition coefficient (Wildman–Crippen LogP) is 2.96. The number of aryl methyl sites for hydroxylation is 2. The summed E-state index contributed by atoms with van der Waals surface area (Å²) >= 11 is 6.27. The van der Waals surface area contributed by atoms with E-state index in [4.69, 9.17) is 16.0 Å². The number of nitrogens with zero attached hydrogens (tertiary/aromatic N) is 1. The maximum absolute atomic E-state index is 11.9. The number of carbonyl (C=O) groups excluding carboxylic acids is 1. The van der Waals surface area contributed by atoms with Crippen LogP contribution >= 0.6 is 11.6 Å². The van der Waals surface area contributed by atoms with Crippen LogP contribution in [0.5, 0.6) is 0 Å². The summed E-state index contributed by atoms with van der Waals surface area (Å²) in [6.45, 7) is 2.10. The van der Waals surface area contributed by atoms with Crippen LogP contribution in [-0.2, 0) is 12.8 Å². The van der Waals surface area contributed by atoms with Crippen molar-refractivity contribution in [1.82, 2.24) is 0 Å². The zero-order valence-electron chi connectivity index (χ0n) is 11.4. The van der Waals surface area contributed by atoms with Gasteiger partial charge in [-0.2, -0.15) is 0 Å². The SMILES string of the molecule is O=Cc1c(Cl)c2cc3c4c(c2oc1=O)CCCN4CCC3. The summed E-state index contributed by atoms with van der Waals surface area (Å²) in [5, 5.41) is 0.911. The lowest BCUT2D eigenvalue weighted by Gasteiger charge is -2.37. The number of rotatable bonds is 1. The average molecular weight is 304 g/mol. The second kappa shape index (κ2) is 4.60. The largest absolute Gasteiger partial charge is 0.422 e. The molecule has 0 saturated carbocycles. The Labute approximate surface area is 126 Å². The zero-order valence-corrected chi connectivity index (χ0v) is 12.2. The summed E-state index contributed by atoms with van der Waals surface area (Å²) < 4.78 is 5.44. The summed E-state index contributed by atoms with van der Waals surface area (Å²) in [4.78, 5) is 25.3. The molecule has 0 unspecified atom stereocenters. The molecule has 0 fully saturated rings. The fraction of sp³-hybridized carbons (Fsp3) is 0.375. The second-order valence-corrected chi connectivity index (χ2v) is 6.05. The minimum atomic E-state index is -0.647. The third-order valence-electron chi connectivity index (χ3n) is 4.48. The fourth-order valence-electron chi connectivity index (χ4n) is 3.59. The van der Waals surface area contributed by atoms with Gasteiger partial charge in [0.1, 0.15) is 11.1 Å². The Balaban J connectivity index is 2.15. The highest BCUT2D eigenvalue weighted by Crippen LogP contribution is 2.41. The molecule has 0 bridgehead atoms. The van der Waals surface area contributed by atoms with Crippen molar-refractivity contribution in [2.45, 2.75) is 25.7 Å². The quantitative estimate of drug-likeness (QED) is 0.600. The van der Waals surface area contributed by atoms with E-state index in [-0.39, 0.29) is 10.6 Å². The van der Waals surface area contributed by atoms with Crippen molar-refractivity contribution in [1.29, 1.82) is 0 Å². The van der Waals surface area contributed by atoms with Crippen molar-refractivity contribution in [2.75, 3.05) is 18.0 Å². The van der Waals surface area contributed by atoms with Crippen LogP contribution in [-0.4, -0.2) is 19.4 Å². The summed E-state index contributed by atoms with van der Waals surface area (Å²) in [6.07, 6.45) is 4.52. The van der Waals surface area contributed by atoms with E-state index in [9.17, 15) is 9.59 Å². The Morgan fingerprint density at radius 3 is 2.76 bits per heavy atom. The molecule has 4 rings (SSSR count). The Hall–Kier alpha value is -1.81. The van der Waals surface area contributed by atoms with Crippen molar-refractivity contribution >= 4 is 34.5 Å². The Morgan fingerprint density at radius 1 is 1.24 bits per heavy atom. The molecule has 21 heavy (non-hydrogen) atoms. The molecule has 0 amide bonds. The molecule has 0 spiro atoms. The molecule has 5 heteroatoms. The van der Waals surface area contributed by atoms with E-state index < -0.39 is 5.63 Å². The Bertz CT molecular complexity index is 823. The van der Waals surface area contributed by atoms with Gasteiger partial charge in [-0.15, -0.1) is 0 Å². The zero-order chi connectivity index (χ0) is 14.6. The van der Waals surface area contributed by atoms with Crippen LogP contribution in [0, 0.1) is 0 Å². The minimum absolute atomic E-state index is 0.0835. The van der Waals surface area contributed by atoms with Gasteiger partial charge >= 0.3 is 5.63 Å².